The van der Waals surface area contributed by atoms with Gasteiger partial charge in [0.25, 0.3) is 5.69 Å². The number of rotatable bonds is 4. The number of aryl methyl sites for hydroxylation is 1. The number of non-ortho nitro benzene ring substituents is 1. The minimum atomic E-state index is -0.355. The molecule has 0 spiro atoms. The van der Waals surface area contributed by atoms with Gasteiger partial charge in [0.1, 0.15) is 0 Å². The number of halogens is 1. The zero-order chi connectivity index (χ0) is 14.8. The fourth-order valence-corrected chi connectivity index (χ4v) is 3.23. The molecule has 1 N–H and O–H groups in total. The third kappa shape index (κ3) is 3.14. The molecule has 0 saturated heterocycles. The van der Waals surface area contributed by atoms with Crippen LogP contribution in [0.3, 0.4) is 0 Å². The highest BCUT2D eigenvalue weighted by Gasteiger charge is 2.21. The van der Waals surface area contributed by atoms with Gasteiger partial charge in [0, 0.05) is 29.2 Å². The molecule has 1 aliphatic rings. The second-order valence-electron chi connectivity index (χ2n) is 5.24. The van der Waals surface area contributed by atoms with E-state index in [1.54, 1.807) is 12.1 Å². The quantitative estimate of drug-likeness (QED) is 0.668. The highest BCUT2D eigenvalue weighted by Crippen LogP contribution is 2.33. The van der Waals surface area contributed by atoms with Crippen molar-refractivity contribution >= 4 is 21.6 Å². The maximum atomic E-state index is 10.8. The molecule has 0 amide bonds. The van der Waals surface area contributed by atoms with Gasteiger partial charge in [0.05, 0.1) is 4.92 Å². The first-order chi connectivity index (χ1) is 10.1. The molecule has 1 atom stereocenters. The van der Waals surface area contributed by atoms with E-state index in [1.165, 1.54) is 17.2 Å². The normalized spacial score (nSPS) is 16.7. The van der Waals surface area contributed by atoms with Crippen molar-refractivity contribution in [1.29, 1.82) is 0 Å². The zero-order valence-corrected chi connectivity index (χ0v) is 13.0. The Morgan fingerprint density at radius 2 is 2.14 bits per heavy atom. The Morgan fingerprint density at radius 3 is 2.95 bits per heavy atom. The Bertz CT molecular complexity index is 688. The standard InChI is InChI=1S/C16H15BrN2O2/c17-13-5-6-15-12(9-13)4-7-16(15)18-10-11-2-1-3-14(8-11)19(20)21/h1-3,5-6,8-9,16,18H,4,7,10H2. The Morgan fingerprint density at radius 1 is 1.29 bits per heavy atom. The van der Waals surface area contributed by atoms with E-state index in [0.717, 1.165) is 22.9 Å². The molecule has 1 unspecified atom stereocenters. The molecule has 0 saturated carbocycles. The zero-order valence-electron chi connectivity index (χ0n) is 11.4. The van der Waals surface area contributed by atoms with Crippen molar-refractivity contribution in [1.82, 2.24) is 5.32 Å². The molecule has 0 radical (unpaired) electrons. The largest absolute Gasteiger partial charge is 0.306 e. The van der Waals surface area contributed by atoms with Gasteiger partial charge in [-0.2, -0.15) is 0 Å². The summed E-state index contributed by atoms with van der Waals surface area (Å²) in [4.78, 5) is 10.4. The molecule has 0 aliphatic heterocycles. The van der Waals surface area contributed by atoms with Crippen LogP contribution >= 0.6 is 15.9 Å². The lowest BCUT2D eigenvalue weighted by molar-refractivity contribution is -0.384. The van der Waals surface area contributed by atoms with Crippen LogP contribution in [0.25, 0.3) is 0 Å². The van der Waals surface area contributed by atoms with Crippen LogP contribution in [0.1, 0.15) is 29.2 Å². The smallest absolute Gasteiger partial charge is 0.269 e. The third-order valence-electron chi connectivity index (χ3n) is 3.86. The molecular formula is C16H15BrN2O2. The van der Waals surface area contributed by atoms with Gasteiger partial charge in [-0.25, -0.2) is 0 Å². The van der Waals surface area contributed by atoms with E-state index in [1.807, 2.05) is 6.07 Å². The first kappa shape index (κ1) is 14.2. The number of nitro groups is 1. The molecule has 2 aromatic rings. The number of hydrogen-bond acceptors (Lipinski definition) is 3. The van der Waals surface area contributed by atoms with Gasteiger partial charge in [-0.15, -0.1) is 0 Å². The first-order valence-corrected chi connectivity index (χ1v) is 7.68. The summed E-state index contributed by atoms with van der Waals surface area (Å²) in [6.07, 6.45) is 2.14. The van der Waals surface area contributed by atoms with E-state index < -0.39 is 0 Å². The third-order valence-corrected chi connectivity index (χ3v) is 4.35. The Labute approximate surface area is 131 Å². The monoisotopic (exact) mass is 346 g/mol. The van der Waals surface area contributed by atoms with Gasteiger partial charge in [-0.3, -0.25) is 10.1 Å². The lowest BCUT2D eigenvalue weighted by Gasteiger charge is -2.14. The van der Waals surface area contributed by atoms with Crippen LogP contribution in [-0.2, 0) is 13.0 Å². The number of hydrogen-bond donors (Lipinski definition) is 1. The molecule has 0 bridgehead atoms. The molecule has 3 rings (SSSR count). The van der Waals surface area contributed by atoms with Crippen molar-refractivity contribution in [3.63, 3.8) is 0 Å². The minimum absolute atomic E-state index is 0.144. The van der Waals surface area contributed by atoms with Crippen molar-refractivity contribution < 1.29 is 4.92 Å². The van der Waals surface area contributed by atoms with Crippen LogP contribution in [0.4, 0.5) is 5.69 Å². The van der Waals surface area contributed by atoms with E-state index >= 15 is 0 Å². The highest BCUT2D eigenvalue weighted by molar-refractivity contribution is 9.10. The Hall–Kier alpha value is -1.72. The lowest BCUT2D eigenvalue weighted by atomic mass is 10.1. The van der Waals surface area contributed by atoms with Gasteiger partial charge < -0.3 is 5.32 Å². The molecule has 1 aliphatic carbocycles. The van der Waals surface area contributed by atoms with Gasteiger partial charge >= 0.3 is 0 Å². The predicted molar refractivity (Wildman–Crippen MR) is 85.1 cm³/mol. The number of nitrogens with one attached hydrogen (secondary N) is 1. The summed E-state index contributed by atoms with van der Waals surface area (Å²) < 4.78 is 1.11. The Balaban J connectivity index is 1.70. The average molecular weight is 347 g/mol. The van der Waals surface area contributed by atoms with Crippen molar-refractivity contribution in [2.45, 2.75) is 25.4 Å². The molecule has 0 heterocycles. The van der Waals surface area contributed by atoms with Crippen LogP contribution < -0.4 is 5.32 Å². The molecule has 21 heavy (non-hydrogen) atoms. The van der Waals surface area contributed by atoms with Crippen molar-refractivity contribution in [3.8, 4) is 0 Å². The molecule has 5 heteroatoms. The average Bonchev–Trinajstić information content (AvgIpc) is 2.87. The van der Waals surface area contributed by atoms with Crippen molar-refractivity contribution in [3.05, 3.63) is 73.7 Å². The number of benzene rings is 2. The van der Waals surface area contributed by atoms with E-state index in [4.69, 9.17) is 0 Å². The maximum absolute atomic E-state index is 10.8. The predicted octanol–water partition coefficient (Wildman–Crippen LogP) is 4.13. The van der Waals surface area contributed by atoms with Gasteiger partial charge in [-0.1, -0.05) is 34.1 Å². The number of nitrogens with zero attached hydrogens (tertiary/aromatic N) is 1. The fourth-order valence-electron chi connectivity index (χ4n) is 2.82. The van der Waals surface area contributed by atoms with Crippen LogP contribution in [0.2, 0.25) is 0 Å². The van der Waals surface area contributed by atoms with Gasteiger partial charge in [-0.05, 0) is 41.7 Å². The van der Waals surface area contributed by atoms with Gasteiger partial charge in [0.2, 0.25) is 0 Å². The maximum Gasteiger partial charge on any atom is 0.269 e. The molecule has 0 aromatic heterocycles. The van der Waals surface area contributed by atoms with Crippen LogP contribution in [0.5, 0.6) is 0 Å². The minimum Gasteiger partial charge on any atom is -0.306 e. The molecule has 4 nitrogen and oxygen atoms in total. The molecule has 2 aromatic carbocycles. The lowest BCUT2D eigenvalue weighted by Crippen LogP contribution is -2.18. The van der Waals surface area contributed by atoms with E-state index in [-0.39, 0.29) is 10.6 Å². The van der Waals surface area contributed by atoms with Crippen LogP contribution in [0.15, 0.2) is 46.9 Å². The SMILES string of the molecule is O=[N+]([O-])c1cccc(CNC2CCc3cc(Br)ccc32)c1. The fraction of sp³-hybridized carbons (Fsp3) is 0.250. The highest BCUT2D eigenvalue weighted by atomic mass is 79.9. The Kier molecular flexibility index (Phi) is 4.03. The van der Waals surface area contributed by atoms with E-state index in [0.29, 0.717) is 12.6 Å². The topological polar surface area (TPSA) is 55.2 Å². The summed E-state index contributed by atoms with van der Waals surface area (Å²) in [5.74, 6) is 0. The summed E-state index contributed by atoms with van der Waals surface area (Å²) in [6, 6.07) is 13.5. The van der Waals surface area contributed by atoms with Crippen LogP contribution in [-0.4, -0.2) is 4.92 Å². The summed E-state index contributed by atoms with van der Waals surface area (Å²) in [5, 5.41) is 14.3. The van der Waals surface area contributed by atoms with E-state index in [9.17, 15) is 10.1 Å². The van der Waals surface area contributed by atoms with Crippen molar-refractivity contribution in [2.24, 2.45) is 0 Å². The summed E-state index contributed by atoms with van der Waals surface area (Å²) in [6.45, 7) is 0.641. The summed E-state index contributed by atoms with van der Waals surface area (Å²) in [7, 11) is 0. The second kappa shape index (κ2) is 5.95. The number of fused-ring (bicyclic) bond motifs is 1. The van der Waals surface area contributed by atoms with Crippen molar-refractivity contribution in [2.75, 3.05) is 0 Å². The van der Waals surface area contributed by atoms with Gasteiger partial charge in [0.15, 0.2) is 0 Å². The number of nitro benzene ring substituents is 1. The molecule has 108 valence electrons. The van der Waals surface area contributed by atoms with Crippen LogP contribution in [0, 0.1) is 10.1 Å². The van der Waals surface area contributed by atoms with E-state index in [2.05, 4.69) is 39.4 Å². The molecular weight excluding hydrogens is 332 g/mol. The summed E-state index contributed by atoms with van der Waals surface area (Å²) in [5.41, 5.74) is 3.80. The molecule has 0 fully saturated rings. The second-order valence-corrected chi connectivity index (χ2v) is 6.16. The summed E-state index contributed by atoms with van der Waals surface area (Å²) >= 11 is 3.50. The first-order valence-electron chi connectivity index (χ1n) is 6.88.